The molecule has 0 aliphatic heterocycles. The van der Waals surface area contributed by atoms with E-state index in [9.17, 15) is 4.79 Å². The number of hydrogen-bond acceptors (Lipinski definition) is 2. The molecular formula is C9H14N2O2. The van der Waals surface area contributed by atoms with E-state index in [-0.39, 0.29) is 5.92 Å². The minimum Gasteiger partial charge on any atom is -0.481 e. The lowest BCUT2D eigenvalue weighted by molar-refractivity contribution is -0.141. The molecule has 0 bridgehead atoms. The summed E-state index contributed by atoms with van der Waals surface area (Å²) >= 11 is 0. The third-order valence-electron chi connectivity index (χ3n) is 2.01. The second kappa shape index (κ2) is 4.07. The molecule has 1 N–H and O–H groups in total. The second-order valence-corrected chi connectivity index (χ2v) is 3.09. The van der Waals surface area contributed by atoms with Crippen LogP contribution in [0.3, 0.4) is 0 Å². The molecule has 0 fully saturated rings. The van der Waals surface area contributed by atoms with Crippen LogP contribution in [0.2, 0.25) is 0 Å². The molecule has 72 valence electrons. The molecule has 4 nitrogen and oxygen atoms in total. The van der Waals surface area contributed by atoms with E-state index in [0.29, 0.717) is 6.54 Å². The first-order chi connectivity index (χ1) is 6.15. The molecule has 4 heteroatoms. The molecule has 0 aliphatic rings. The first kappa shape index (κ1) is 9.77. The fourth-order valence-corrected chi connectivity index (χ4v) is 1.19. The van der Waals surface area contributed by atoms with E-state index in [1.807, 2.05) is 17.7 Å². The average molecular weight is 182 g/mol. The molecule has 1 heterocycles. The molecule has 0 spiro atoms. The highest BCUT2D eigenvalue weighted by molar-refractivity contribution is 5.69. The number of aromatic nitrogens is 2. The van der Waals surface area contributed by atoms with Crippen LogP contribution < -0.4 is 0 Å². The SMILES string of the molecule is CCc1nccn1C[C@H](C)C(=O)O. The molecule has 0 aromatic carbocycles. The zero-order chi connectivity index (χ0) is 9.84. The number of aryl methyl sites for hydroxylation is 1. The van der Waals surface area contributed by atoms with Crippen LogP contribution >= 0.6 is 0 Å². The highest BCUT2D eigenvalue weighted by Gasteiger charge is 2.12. The summed E-state index contributed by atoms with van der Waals surface area (Å²) < 4.78 is 1.89. The van der Waals surface area contributed by atoms with Crippen molar-refractivity contribution in [1.29, 1.82) is 0 Å². The first-order valence-corrected chi connectivity index (χ1v) is 4.38. The van der Waals surface area contributed by atoms with Gasteiger partial charge in [-0.1, -0.05) is 13.8 Å². The maximum absolute atomic E-state index is 10.6. The Bertz CT molecular complexity index is 294. The highest BCUT2D eigenvalue weighted by atomic mass is 16.4. The van der Waals surface area contributed by atoms with Gasteiger partial charge in [0.2, 0.25) is 0 Å². The zero-order valence-corrected chi connectivity index (χ0v) is 7.90. The number of imidazole rings is 1. The lowest BCUT2D eigenvalue weighted by Gasteiger charge is -2.09. The van der Waals surface area contributed by atoms with Crippen molar-refractivity contribution < 1.29 is 9.90 Å². The number of carboxylic acids is 1. The van der Waals surface area contributed by atoms with Crippen LogP contribution in [0.25, 0.3) is 0 Å². The van der Waals surface area contributed by atoms with Gasteiger partial charge in [0.1, 0.15) is 5.82 Å². The Kier molecular flexibility index (Phi) is 3.06. The summed E-state index contributed by atoms with van der Waals surface area (Å²) in [4.78, 5) is 14.7. The topological polar surface area (TPSA) is 55.1 Å². The Morgan fingerprint density at radius 2 is 2.46 bits per heavy atom. The highest BCUT2D eigenvalue weighted by Crippen LogP contribution is 2.04. The molecule has 0 unspecified atom stereocenters. The van der Waals surface area contributed by atoms with E-state index in [1.165, 1.54) is 0 Å². The van der Waals surface area contributed by atoms with Crippen LogP contribution in [0.15, 0.2) is 12.4 Å². The van der Waals surface area contributed by atoms with Crippen LogP contribution in [-0.2, 0) is 17.8 Å². The number of rotatable bonds is 4. The lowest BCUT2D eigenvalue weighted by atomic mass is 10.2. The van der Waals surface area contributed by atoms with Gasteiger partial charge in [-0.25, -0.2) is 4.98 Å². The van der Waals surface area contributed by atoms with E-state index in [2.05, 4.69) is 4.98 Å². The summed E-state index contributed by atoms with van der Waals surface area (Å²) in [7, 11) is 0. The fraction of sp³-hybridized carbons (Fsp3) is 0.556. The Hall–Kier alpha value is -1.32. The van der Waals surface area contributed by atoms with Crippen molar-refractivity contribution in [3.8, 4) is 0 Å². The van der Waals surface area contributed by atoms with Crippen molar-refractivity contribution >= 4 is 5.97 Å². The maximum Gasteiger partial charge on any atom is 0.308 e. The van der Waals surface area contributed by atoms with Crippen molar-refractivity contribution in [3.05, 3.63) is 18.2 Å². The van der Waals surface area contributed by atoms with Gasteiger partial charge in [-0.2, -0.15) is 0 Å². The molecule has 13 heavy (non-hydrogen) atoms. The van der Waals surface area contributed by atoms with Crippen molar-refractivity contribution in [2.24, 2.45) is 5.92 Å². The van der Waals surface area contributed by atoms with Gasteiger partial charge in [-0.15, -0.1) is 0 Å². The van der Waals surface area contributed by atoms with Gasteiger partial charge >= 0.3 is 5.97 Å². The fourth-order valence-electron chi connectivity index (χ4n) is 1.19. The minimum atomic E-state index is -0.768. The largest absolute Gasteiger partial charge is 0.481 e. The van der Waals surface area contributed by atoms with Crippen LogP contribution in [0.1, 0.15) is 19.7 Å². The number of nitrogens with zero attached hydrogens (tertiary/aromatic N) is 2. The molecule has 0 saturated heterocycles. The second-order valence-electron chi connectivity index (χ2n) is 3.09. The third-order valence-corrected chi connectivity index (χ3v) is 2.01. The van der Waals surface area contributed by atoms with E-state index in [1.54, 1.807) is 13.1 Å². The molecule has 1 aromatic heterocycles. The van der Waals surface area contributed by atoms with Crippen LogP contribution in [0.4, 0.5) is 0 Å². The standard InChI is InChI=1S/C9H14N2O2/c1-3-8-10-4-5-11(8)6-7(2)9(12)13/h4-5,7H,3,6H2,1-2H3,(H,12,13)/t7-/m0/s1. The molecule has 0 amide bonds. The number of carbonyl (C=O) groups is 1. The predicted octanol–water partition coefficient (Wildman–Crippen LogP) is 1.17. The Morgan fingerprint density at radius 3 is 3.00 bits per heavy atom. The first-order valence-electron chi connectivity index (χ1n) is 4.38. The van der Waals surface area contributed by atoms with E-state index >= 15 is 0 Å². The minimum absolute atomic E-state index is 0.362. The average Bonchev–Trinajstić information content (AvgIpc) is 2.51. The van der Waals surface area contributed by atoms with Gasteiger partial charge in [-0.05, 0) is 0 Å². The summed E-state index contributed by atoms with van der Waals surface area (Å²) in [6.45, 7) is 4.20. The molecule has 1 rings (SSSR count). The van der Waals surface area contributed by atoms with Crippen LogP contribution in [0.5, 0.6) is 0 Å². The molecule has 0 aliphatic carbocycles. The summed E-state index contributed by atoms with van der Waals surface area (Å²) in [5.41, 5.74) is 0. The van der Waals surface area contributed by atoms with Gasteiger partial charge in [0.25, 0.3) is 0 Å². The van der Waals surface area contributed by atoms with Gasteiger partial charge in [0, 0.05) is 25.4 Å². The van der Waals surface area contributed by atoms with Crippen molar-refractivity contribution in [2.45, 2.75) is 26.8 Å². The summed E-state index contributed by atoms with van der Waals surface area (Å²) in [5.74, 6) is -0.191. The van der Waals surface area contributed by atoms with Gasteiger partial charge in [-0.3, -0.25) is 4.79 Å². The summed E-state index contributed by atoms with van der Waals surface area (Å²) in [6, 6.07) is 0. The Labute approximate surface area is 77.2 Å². The zero-order valence-electron chi connectivity index (χ0n) is 7.90. The van der Waals surface area contributed by atoms with E-state index < -0.39 is 5.97 Å². The molecule has 0 radical (unpaired) electrons. The number of aliphatic carboxylic acids is 1. The predicted molar refractivity (Wildman–Crippen MR) is 48.4 cm³/mol. The number of carboxylic acid groups (broad SMARTS) is 1. The van der Waals surface area contributed by atoms with Crippen molar-refractivity contribution in [2.75, 3.05) is 0 Å². The summed E-state index contributed by atoms with van der Waals surface area (Å²) in [5, 5.41) is 8.71. The monoisotopic (exact) mass is 182 g/mol. The molecule has 1 aromatic rings. The van der Waals surface area contributed by atoms with Crippen LogP contribution in [0, 0.1) is 5.92 Å². The van der Waals surface area contributed by atoms with Gasteiger partial charge < -0.3 is 9.67 Å². The molecule has 0 saturated carbocycles. The van der Waals surface area contributed by atoms with Gasteiger partial charge in [0.05, 0.1) is 5.92 Å². The Morgan fingerprint density at radius 1 is 1.77 bits per heavy atom. The third kappa shape index (κ3) is 2.31. The number of hydrogen-bond donors (Lipinski definition) is 1. The Balaban J connectivity index is 2.68. The quantitative estimate of drug-likeness (QED) is 0.760. The maximum atomic E-state index is 10.6. The van der Waals surface area contributed by atoms with Crippen molar-refractivity contribution in [1.82, 2.24) is 9.55 Å². The van der Waals surface area contributed by atoms with Crippen molar-refractivity contribution in [3.63, 3.8) is 0 Å². The smallest absolute Gasteiger partial charge is 0.308 e. The normalized spacial score (nSPS) is 12.8. The van der Waals surface area contributed by atoms with Crippen LogP contribution in [-0.4, -0.2) is 20.6 Å². The molecule has 1 atom stereocenters. The lowest BCUT2D eigenvalue weighted by Crippen LogP contribution is -2.17. The molecular weight excluding hydrogens is 168 g/mol. The van der Waals surface area contributed by atoms with E-state index in [4.69, 9.17) is 5.11 Å². The van der Waals surface area contributed by atoms with Gasteiger partial charge in [0.15, 0.2) is 0 Å². The van der Waals surface area contributed by atoms with E-state index in [0.717, 1.165) is 12.2 Å². The summed E-state index contributed by atoms with van der Waals surface area (Å²) in [6.07, 6.45) is 4.35.